The van der Waals surface area contributed by atoms with Gasteiger partial charge in [-0.1, -0.05) is 45.0 Å². The predicted octanol–water partition coefficient (Wildman–Crippen LogP) is 3.09. The molecule has 19 heavy (non-hydrogen) atoms. The van der Waals surface area contributed by atoms with E-state index in [0.717, 1.165) is 18.6 Å². The molecule has 0 spiro atoms. The minimum Gasteiger partial charge on any atom is -0.298 e. The molecule has 1 aromatic rings. The predicted molar refractivity (Wildman–Crippen MR) is 80.4 cm³/mol. The Kier molecular flexibility index (Phi) is 3.64. The molecule has 1 saturated heterocycles. The molecule has 2 unspecified atom stereocenters. The first-order chi connectivity index (χ1) is 9.19. The number of hydrogen-bond acceptors (Lipinski definition) is 2. The molecule has 0 amide bonds. The van der Waals surface area contributed by atoms with Gasteiger partial charge in [0.05, 0.1) is 0 Å². The molecule has 2 atom stereocenters. The maximum atomic E-state index is 2.69. The highest BCUT2D eigenvalue weighted by Crippen LogP contribution is 2.37. The van der Waals surface area contributed by atoms with Crippen LogP contribution in [-0.4, -0.2) is 41.5 Å². The number of rotatable bonds is 4. The SMILES string of the molecule is CCN1CCN(Cc2cccc(C(C)C)c2)C2CC21. The van der Waals surface area contributed by atoms with Crippen LogP contribution in [-0.2, 0) is 6.54 Å². The van der Waals surface area contributed by atoms with Gasteiger partial charge in [0.15, 0.2) is 0 Å². The second-order valence-electron chi connectivity index (χ2n) is 6.37. The lowest BCUT2D eigenvalue weighted by Crippen LogP contribution is -2.45. The molecular weight excluding hydrogens is 232 g/mol. The summed E-state index contributed by atoms with van der Waals surface area (Å²) >= 11 is 0. The first kappa shape index (κ1) is 13.1. The minimum atomic E-state index is 0.630. The largest absolute Gasteiger partial charge is 0.298 e. The average molecular weight is 258 g/mol. The maximum absolute atomic E-state index is 2.69. The molecule has 1 aliphatic heterocycles. The standard InChI is InChI=1S/C17H26N2/c1-4-18-8-9-19(17-11-16(17)18)12-14-6-5-7-15(10-14)13(2)3/h5-7,10,13,16-17H,4,8-9,11-12H2,1-3H3. The van der Waals surface area contributed by atoms with E-state index in [0.29, 0.717) is 5.92 Å². The number of piperazine rings is 1. The van der Waals surface area contributed by atoms with Crippen molar-refractivity contribution in [1.82, 2.24) is 9.80 Å². The van der Waals surface area contributed by atoms with Crippen molar-refractivity contribution in [3.63, 3.8) is 0 Å². The van der Waals surface area contributed by atoms with Gasteiger partial charge in [0.25, 0.3) is 0 Å². The van der Waals surface area contributed by atoms with Crippen LogP contribution in [0.3, 0.4) is 0 Å². The van der Waals surface area contributed by atoms with Gasteiger partial charge in [-0.05, 0) is 30.0 Å². The molecule has 2 heteroatoms. The van der Waals surface area contributed by atoms with Gasteiger partial charge in [0.1, 0.15) is 0 Å². The van der Waals surface area contributed by atoms with Crippen molar-refractivity contribution in [2.75, 3.05) is 19.6 Å². The third-order valence-electron chi connectivity index (χ3n) is 4.75. The van der Waals surface area contributed by atoms with Crippen molar-refractivity contribution in [3.8, 4) is 0 Å². The van der Waals surface area contributed by atoms with Crippen LogP contribution in [0.5, 0.6) is 0 Å². The van der Waals surface area contributed by atoms with Gasteiger partial charge in [-0.25, -0.2) is 0 Å². The summed E-state index contributed by atoms with van der Waals surface area (Å²) in [5.74, 6) is 0.630. The fraction of sp³-hybridized carbons (Fsp3) is 0.647. The molecule has 1 heterocycles. The molecule has 1 aliphatic carbocycles. The van der Waals surface area contributed by atoms with Gasteiger partial charge < -0.3 is 0 Å². The Balaban J connectivity index is 1.65. The van der Waals surface area contributed by atoms with E-state index in [1.54, 1.807) is 0 Å². The Labute approximate surface area is 117 Å². The van der Waals surface area contributed by atoms with Crippen LogP contribution in [0.2, 0.25) is 0 Å². The molecule has 0 N–H and O–H groups in total. The second kappa shape index (κ2) is 5.26. The highest BCUT2D eigenvalue weighted by atomic mass is 15.3. The van der Waals surface area contributed by atoms with Crippen LogP contribution in [0.1, 0.15) is 44.2 Å². The number of likely N-dealkylation sites (N-methyl/N-ethyl adjacent to an activating group) is 1. The zero-order valence-corrected chi connectivity index (χ0v) is 12.5. The molecule has 2 nitrogen and oxygen atoms in total. The molecule has 2 aliphatic rings. The molecular formula is C17H26N2. The fourth-order valence-corrected chi connectivity index (χ4v) is 3.42. The van der Waals surface area contributed by atoms with Crippen molar-refractivity contribution in [3.05, 3.63) is 35.4 Å². The Morgan fingerprint density at radius 3 is 2.63 bits per heavy atom. The zero-order valence-electron chi connectivity index (χ0n) is 12.5. The highest BCUT2D eigenvalue weighted by molar-refractivity contribution is 5.26. The van der Waals surface area contributed by atoms with E-state index >= 15 is 0 Å². The zero-order chi connectivity index (χ0) is 13.4. The van der Waals surface area contributed by atoms with E-state index in [4.69, 9.17) is 0 Å². The molecule has 104 valence electrons. The smallest absolute Gasteiger partial charge is 0.0271 e. The highest BCUT2D eigenvalue weighted by Gasteiger charge is 2.47. The van der Waals surface area contributed by atoms with Crippen molar-refractivity contribution in [2.24, 2.45) is 0 Å². The second-order valence-corrected chi connectivity index (χ2v) is 6.37. The minimum absolute atomic E-state index is 0.630. The van der Waals surface area contributed by atoms with Gasteiger partial charge in [0, 0.05) is 31.7 Å². The van der Waals surface area contributed by atoms with Crippen LogP contribution in [0.25, 0.3) is 0 Å². The lowest BCUT2D eigenvalue weighted by molar-refractivity contribution is 0.127. The van der Waals surface area contributed by atoms with Gasteiger partial charge >= 0.3 is 0 Å². The van der Waals surface area contributed by atoms with E-state index in [9.17, 15) is 0 Å². The Bertz CT molecular complexity index is 441. The van der Waals surface area contributed by atoms with Crippen LogP contribution < -0.4 is 0 Å². The van der Waals surface area contributed by atoms with Crippen LogP contribution >= 0.6 is 0 Å². The Morgan fingerprint density at radius 2 is 1.89 bits per heavy atom. The normalized spacial score (nSPS) is 27.6. The van der Waals surface area contributed by atoms with Crippen LogP contribution in [0, 0.1) is 0 Å². The number of benzene rings is 1. The first-order valence-corrected chi connectivity index (χ1v) is 7.76. The van der Waals surface area contributed by atoms with Gasteiger partial charge in [-0.15, -0.1) is 0 Å². The molecule has 1 aromatic carbocycles. The summed E-state index contributed by atoms with van der Waals surface area (Å²) in [4.78, 5) is 5.34. The average Bonchev–Trinajstić information content (AvgIpc) is 3.20. The molecule has 0 bridgehead atoms. The number of nitrogens with zero attached hydrogens (tertiary/aromatic N) is 2. The quantitative estimate of drug-likeness (QED) is 0.819. The summed E-state index contributed by atoms with van der Waals surface area (Å²) in [5.41, 5.74) is 2.96. The first-order valence-electron chi connectivity index (χ1n) is 7.76. The summed E-state index contributed by atoms with van der Waals surface area (Å²) in [6, 6.07) is 10.8. The Hall–Kier alpha value is -0.860. The summed E-state index contributed by atoms with van der Waals surface area (Å²) in [7, 11) is 0. The molecule has 0 aromatic heterocycles. The Morgan fingerprint density at radius 1 is 1.16 bits per heavy atom. The van der Waals surface area contributed by atoms with E-state index in [1.165, 1.54) is 37.2 Å². The lowest BCUT2D eigenvalue weighted by Gasteiger charge is -2.33. The number of fused-ring (bicyclic) bond motifs is 1. The summed E-state index contributed by atoms with van der Waals surface area (Å²) in [6.45, 7) is 11.7. The van der Waals surface area contributed by atoms with Crippen LogP contribution in [0.15, 0.2) is 24.3 Å². The number of hydrogen-bond donors (Lipinski definition) is 0. The lowest BCUT2D eigenvalue weighted by atomic mass is 10.0. The van der Waals surface area contributed by atoms with Gasteiger partial charge in [0.2, 0.25) is 0 Å². The van der Waals surface area contributed by atoms with E-state index in [-0.39, 0.29) is 0 Å². The summed E-state index contributed by atoms with van der Waals surface area (Å²) in [6.07, 6.45) is 1.39. The fourth-order valence-electron chi connectivity index (χ4n) is 3.42. The molecule has 2 fully saturated rings. The topological polar surface area (TPSA) is 6.48 Å². The van der Waals surface area contributed by atoms with Gasteiger partial charge in [-0.2, -0.15) is 0 Å². The van der Waals surface area contributed by atoms with E-state index in [1.807, 2.05) is 0 Å². The summed E-state index contributed by atoms with van der Waals surface area (Å²) in [5, 5.41) is 0. The third-order valence-corrected chi connectivity index (χ3v) is 4.75. The summed E-state index contributed by atoms with van der Waals surface area (Å²) < 4.78 is 0. The monoisotopic (exact) mass is 258 g/mol. The van der Waals surface area contributed by atoms with Gasteiger partial charge in [-0.3, -0.25) is 9.80 Å². The van der Waals surface area contributed by atoms with E-state index in [2.05, 4.69) is 54.8 Å². The van der Waals surface area contributed by atoms with Crippen molar-refractivity contribution >= 4 is 0 Å². The maximum Gasteiger partial charge on any atom is 0.0271 e. The van der Waals surface area contributed by atoms with Crippen LogP contribution in [0.4, 0.5) is 0 Å². The molecule has 3 rings (SSSR count). The van der Waals surface area contributed by atoms with E-state index < -0.39 is 0 Å². The van der Waals surface area contributed by atoms with Crippen molar-refractivity contribution in [2.45, 2.75) is 51.7 Å². The molecule has 1 saturated carbocycles. The van der Waals surface area contributed by atoms with Crippen molar-refractivity contribution in [1.29, 1.82) is 0 Å². The molecule has 0 radical (unpaired) electrons. The third kappa shape index (κ3) is 2.70. The van der Waals surface area contributed by atoms with Crippen molar-refractivity contribution < 1.29 is 0 Å².